The summed E-state index contributed by atoms with van der Waals surface area (Å²) in [5.41, 5.74) is 5.56. The van der Waals surface area contributed by atoms with Gasteiger partial charge in [-0.1, -0.05) is 48.0 Å². The zero-order valence-electron chi connectivity index (χ0n) is 17.2. The van der Waals surface area contributed by atoms with Gasteiger partial charge in [0.15, 0.2) is 0 Å². The van der Waals surface area contributed by atoms with Crippen LogP contribution >= 0.6 is 0 Å². The second-order valence-corrected chi connectivity index (χ2v) is 7.01. The Labute approximate surface area is 172 Å². The highest BCUT2D eigenvalue weighted by Crippen LogP contribution is 2.23. The van der Waals surface area contributed by atoms with E-state index in [1.54, 1.807) is 6.07 Å². The van der Waals surface area contributed by atoms with Crippen LogP contribution in [0.3, 0.4) is 0 Å². The van der Waals surface area contributed by atoms with Gasteiger partial charge in [-0.2, -0.15) is 0 Å². The van der Waals surface area contributed by atoms with Crippen molar-refractivity contribution in [2.24, 2.45) is 0 Å². The van der Waals surface area contributed by atoms with Crippen molar-refractivity contribution >= 4 is 11.6 Å². The molecule has 0 aliphatic rings. The molecular weight excluding hydrogens is 362 g/mol. The number of anilines is 1. The second kappa shape index (κ2) is 9.89. The number of rotatable bonds is 8. The molecule has 1 amide bonds. The van der Waals surface area contributed by atoms with Gasteiger partial charge in [0, 0.05) is 16.8 Å². The van der Waals surface area contributed by atoms with Crippen molar-refractivity contribution < 1.29 is 14.3 Å². The van der Waals surface area contributed by atoms with Crippen LogP contribution in [0.4, 0.5) is 5.69 Å². The molecule has 3 rings (SSSR count). The van der Waals surface area contributed by atoms with E-state index in [0.29, 0.717) is 25.4 Å². The second-order valence-electron chi connectivity index (χ2n) is 7.01. The smallest absolute Gasteiger partial charge is 0.255 e. The number of hydrogen-bond donors (Lipinski definition) is 1. The van der Waals surface area contributed by atoms with Crippen molar-refractivity contribution in [3.63, 3.8) is 0 Å². The van der Waals surface area contributed by atoms with Crippen LogP contribution in [0, 0.1) is 13.8 Å². The highest BCUT2D eigenvalue weighted by molar-refractivity contribution is 6.04. The van der Waals surface area contributed by atoms with Gasteiger partial charge in [0.2, 0.25) is 0 Å². The van der Waals surface area contributed by atoms with Crippen molar-refractivity contribution in [3.05, 3.63) is 94.5 Å². The molecule has 1 N–H and O–H groups in total. The molecule has 0 aromatic heterocycles. The minimum absolute atomic E-state index is 0.149. The first kappa shape index (κ1) is 20.6. The van der Waals surface area contributed by atoms with Gasteiger partial charge in [0.25, 0.3) is 5.91 Å². The van der Waals surface area contributed by atoms with Gasteiger partial charge < -0.3 is 14.8 Å². The van der Waals surface area contributed by atoms with Crippen LogP contribution in [-0.2, 0) is 18.0 Å². The van der Waals surface area contributed by atoms with Crippen molar-refractivity contribution in [1.82, 2.24) is 0 Å². The molecule has 0 heterocycles. The molecule has 0 spiro atoms. The average molecular weight is 389 g/mol. The number of benzene rings is 3. The number of ether oxygens (including phenoxy) is 2. The number of carbonyl (C=O) groups excluding carboxylic acids is 1. The summed E-state index contributed by atoms with van der Waals surface area (Å²) in [6.07, 6.45) is 0. The van der Waals surface area contributed by atoms with Gasteiger partial charge in [-0.25, -0.2) is 0 Å². The molecule has 0 saturated carbocycles. The third-order valence-electron chi connectivity index (χ3n) is 4.62. The number of nitrogens with one attached hydrogen (secondary N) is 1. The number of amides is 1. The number of carbonyl (C=O) groups is 1. The zero-order valence-corrected chi connectivity index (χ0v) is 17.2. The molecule has 0 bridgehead atoms. The lowest BCUT2D eigenvalue weighted by Gasteiger charge is -2.14. The first-order valence-electron chi connectivity index (χ1n) is 9.83. The standard InChI is InChI=1S/C25H27NO3/c1-4-29-24-13-11-21(25(27)26-23-12-10-18(2)14-19(23)3)15-22(24)17-28-16-20-8-6-5-7-9-20/h5-15H,4,16-17H2,1-3H3,(H,26,27). The molecule has 0 unspecified atom stereocenters. The molecule has 0 atom stereocenters. The summed E-state index contributed by atoms with van der Waals surface area (Å²) < 4.78 is 11.6. The van der Waals surface area contributed by atoms with E-state index < -0.39 is 0 Å². The Morgan fingerprint density at radius 1 is 0.931 bits per heavy atom. The third kappa shape index (κ3) is 5.69. The Morgan fingerprint density at radius 3 is 2.45 bits per heavy atom. The SMILES string of the molecule is CCOc1ccc(C(=O)Nc2ccc(C)cc2C)cc1COCc1ccccc1. The molecule has 4 nitrogen and oxygen atoms in total. The molecule has 29 heavy (non-hydrogen) atoms. The summed E-state index contributed by atoms with van der Waals surface area (Å²) in [6, 6.07) is 21.4. The Balaban J connectivity index is 1.73. The zero-order chi connectivity index (χ0) is 20.6. The van der Waals surface area contributed by atoms with Crippen molar-refractivity contribution in [2.75, 3.05) is 11.9 Å². The van der Waals surface area contributed by atoms with E-state index in [4.69, 9.17) is 9.47 Å². The Bertz CT molecular complexity index is 967. The van der Waals surface area contributed by atoms with E-state index in [9.17, 15) is 4.79 Å². The number of aryl methyl sites for hydroxylation is 2. The number of hydrogen-bond acceptors (Lipinski definition) is 3. The van der Waals surface area contributed by atoms with Gasteiger partial charge in [0.1, 0.15) is 5.75 Å². The first-order valence-corrected chi connectivity index (χ1v) is 9.83. The molecular formula is C25H27NO3. The fourth-order valence-electron chi connectivity index (χ4n) is 3.13. The van der Waals surface area contributed by atoms with E-state index in [1.165, 1.54) is 5.56 Å². The van der Waals surface area contributed by atoms with E-state index >= 15 is 0 Å². The highest BCUT2D eigenvalue weighted by atomic mass is 16.5. The van der Waals surface area contributed by atoms with E-state index in [-0.39, 0.29) is 5.91 Å². The summed E-state index contributed by atoms with van der Waals surface area (Å²) in [4.78, 5) is 12.8. The Morgan fingerprint density at radius 2 is 1.72 bits per heavy atom. The maximum Gasteiger partial charge on any atom is 0.255 e. The summed E-state index contributed by atoms with van der Waals surface area (Å²) in [5, 5.41) is 2.99. The van der Waals surface area contributed by atoms with Gasteiger partial charge in [-0.05, 0) is 56.2 Å². The van der Waals surface area contributed by atoms with Crippen LogP contribution in [-0.4, -0.2) is 12.5 Å². The monoisotopic (exact) mass is 389 g/mol. The topological polar surface area (TPSA) is 47.6 Å². The van der Waals surface area contributed by atoms with Gasteiger partial charge >= 0.3 is 0 Å². The van der Waals surface area contributed by atoms with Crippen LogP contribution in [0.15, 0.2) is 66.7 Å². The van der Waals surface area contributed by atoms with Gasteiger partial charge in [-0.15, -0.1) is 0 Å². The van der Waals surface area contributed by atoms with Crippen LogP contribution in [0.2, 0.25) is 0 Å². The normalized spacial score (nSPS) is 10.6. The third-order valence-corrected chi connectivity index (χ3v) is 4.62. The van der Waals surface area contributed by atoms with E-state index in [2.05, 4.69) is 11.4 Å². The molecule has 3 aromatic rings. The fraction of sp³-hybridized carbons (Fsp3) is 0.240. The summed E-state index contributed by atoms with van der Waals surface area (Å²) >= 11 is 0. The lowest BCUT2D eigenvalue weighted by atomic mass is 10.1. The molecule has 0 radical (unpaired) electrons. The quantitative estimate of drug-likeness (QED) is 0.540. The van der Waals surface area contributed by atoms with Gasteiger partial charge in [-0.3, -0.25) is 4.79 Å². The molecule has 0 aliphatic heterocycles. The maximum absolute atomic E-state index is 12.8. The summed E-state index contributed by atoms with van der Waals surface area (Å²) in [7, 11) is 0. The molecule has 0 fully saturated rings. The fourth-order valence-corrected chi connectivity index (χ4v) is 3.13. The van der Waals surface area contributed by atoms with Crippen molar-refractivity contribution in [1.29, 1.82) is 0 Å². The van der Waals surface area contributed by atoms with Crippen LogP contribution < -0.4 is 10.1 Å². The van der Waals surface area contributed by atoms with Crippen LogP contribution in [0.1, 0.15) is 39.5 Å². The summed E-state index contributed by atoms with van der Waals surface area (Å²) in [5.74, 6) is 0.591. The largest absolute Gasteiger partial charge is 0.494 e. The van der Waals surface area contributed by atoms with Crippen LogP contribution in [0.25, 0.3) is 0 Å². The predicted molar refractivity (Wildman–Crippen MR) is 116 cm³/mol. The van der Waals surface area contributed by atoms with Crippen LogP contribution in [0.5, 0.6) is 5.75 Å². The average Bonchev–Trinajstić information content (AvgIpc) is 2.72. The minimum Gasteiger partial charge on any atom is -0.494 e. The highest BCUT2D eigenvalue weighted by Gasteiger charge is 2.12. The van der Waals surface area contributed by atoms with Crippen molar-refractivity contribution in [2.45, 2.75) is 34.0 Å². The van der Waals surface area contributed by atoms with E-state index in [0.717, 1.165) is 28.1 Å². The molecule has 150 valence electrons. The molecule has 3 aromatic carbocycles. The maximum atomic E-state index is 12.8. The van der Waals surface area contributed by atoms with Crippen molar-refractivity contribution in [3.8, 4) is 5.75 Å². The molecule has 0 saturated heterocycles. The van der Waals surface area contributed by atoms with E-state index in [1.807, 2.05) is 75.4 Å². The predicted octanol–water partition coefficient (Wildman–Crippen LogP) is 5.67. The molecule has 0 aliphatic carbocycles. The van der Waals surface area contributed by atoms with Gasteiger partial charge in [0.05, 0.1) is 19.8 Å². The lowest BCUT2D eigenvalue weighted by molar-refractivity contribution is 0.101. The first-order chi connectivity index (χ1) is 14.1. The summed E-state index contributed by atoms with van der Waals surface area (Å²) in [6.45, 7) is 7.39. The lowest BCUT2D eigenvalue weighted by Crippen LogP contribution is -2.13. The minimum atomic E-state index is -0.149. The molecule has 4 heteroatoms. The Kier molecular flexibility index (Phi) is 7.04. The Hall–Kier alpha value is -3.11.